The first-order chi connectivity index (χ1) is 9.61. The van der Waals surface area contributed by atoms with Crippen molar-refractivity contribution < 1.29 is 4.74 Å². The quantitative estimate of drug-likeness (QED) is 0.186. The van der Waals surface area contributed by atoms with Crippen molar-refractivity contribution in [1.29, 1.82) is 0 Å². The molecule has 0 fully saturated rings. The van der Waals surface area contributed by atoms with E-state index in [9.17, 15) is 0 Å². The summed E-state index contributed by atoms with van der Waals surface area (Å²) >= 11 is 0. The van der Waals surface area contributed by atoms with Crippen molar-refractivity contribution in [2.45, 2.75) is 40.0 Å². The van der Waals surface area contributed by atoms with Crippen LogP contribution < -0.4 is 5.32 Å². The highest BCUT2D eigenvalue weighted by Crippen LogP contribution is 1.96. The molecule has 0 aromatic rings. The van der Waals surface area contributed by atoms with Gasteiger partial charge in [0.15, 0.2) is 5.96 Å². The third-order valence-electron chi connectivity index (χ3n) is 2.76. The molecule has 0 aromatic heterocycles. The second-order valence-corrected chi connectivity index (χ2v) is 5.41. The predicted octanol–water partition coefficient (Wildman–Crippen LogP) is 3.53. The second-order valence-electron chi connectivity index (χ2n) is 5.41. The Morgan fingerprint density at radius 2 is 2.10 bits per heavy atom. The molecule has 0 unspecified atom stereocenters. The molecule has 0 bridgehead atoms. The van der Waals surface area contributed by atoms with E-state index in [4.69, 9.17) is 4.74 Å². The number of rotatable bonds is 11. The Balaban J connectivity index is 0. The largest absolute Gasteiger partial charge is 0.381 e. The van der Waals surface area contributed by atoms with Gasteiger partial charge in [-0.15, -0.1) is 30.6 Å². The van der Waals surface area contributed by atoms with E-state index in [0.717, 1.165) is 58.1 Å². The number of allylic oxidation sites excluding steroid dienone is 1. The molecule has 0 atom stereocenters. The highest BCUT2D eigenvalue weighted by molar-refractivity contribution is 14.0. The zero-order valence-corrected chi connectivity index (χ0v) is 16.6. The van der Waals surface area contributed by atoms with E-state index in [1.807, 2.05) is 6.08 Å². The Morgan fingerprint density at radius 3 is 2.67 bits per heavy atom. The number of aliphatic imine (C=N–C) groups is 1. The number of hydrogen-bond acceptors (Lipinski definition) is 2. The van der Waals surface area contributed by atoms with Gasteiger partial charge in [0.05, 0.1) is 0 Å². The minimum atomic E-state index is 0. The first-order valence-corrected chi connectivity index (χ1v) is 7.79. The van der Waals surface area contributed by atoms with Crippen LogP contribution in [-0.2, 0) is 4.74 Å². The molecule has 0 aliphatic rings. The molecular weight excluding hydrogens is 377 g/mol. The Bertz CT molecular complexity index is 270. The predicted molar refractivity (Wildman–Crippen MR) is 104 cm³/mol. The van der Waals surface area contributed by atoms with Crippen molar-refractivity contribution >= 4 is 29.9 Å². The zero-order chi connectivity index (χ0) is 15.2. The van der Waals surface area contributed by atoms with Gasteiger partial charge in [-0.25, -0.2) is 0 Å². The summed E-state index contributed by atoms with van der Waals surface area (Å²) in [5.41, 5.74) is 0. The van der Waals surface area contributed by atoms with Gasteiger partial charge in [0.25, 0.3) is 0 Å². The molecule has 4 nitrogen and oxygen atoms in total. The van der Waals surface area contributed by atoms with Crippen molar-refractivity contribution in [3.05, 3.63) is 12.7 Å². The molecule has 0 aromatic carbocycles. The fraction of sp³-hybridized carbons (Fsp3) is 0.812. The summed E-state index contributed by atoms with van der Waals surface area (Å²) < 4.78 is 5.56. The number of nitrogens with one attached hydrogen (secondary N) is 1. The number of guanidine groups is 1. The number of hydrogen-bond donors (Lipinski definition) is 1. The summed E-state index contributed by atoms with van der Waals surface area (Å²) in [5, 5.41) is 3.33. The lowest BCUT2D eigenvalue weighted by atomic mass is 10.2. The van der Waals surface area contributed by atoms with E-state index in [1.54, 1.807) is 0 Å². The molecule has 21 heavy (non-hydrogen) atoms. The minimum Gasteiger partial charge on any atom is -0.381 e. The molecular formula is C16H34IN3O. The lowest BCUT2D eigenvalue weighted by Crippen LogP contribution is -2.39. The summed E-state index contributed by atoms with van der Waals surface area (Å²) in [6, 6.07) is 0. The smallest absolute Gasteiger partial charge is 0.193 e. The fourth-order valence-electron chi connectivity index (χ4n) is 1.72. The Morgan fingerprint density at radius 1 is 1.38 bits per heavy atom. The van der Waals surface area contributed by atoms with E-state index in [1.165, 1.54) is 0 Å². The minimum absolute atomic E-state index is 0. The fourth-order valence-corrected chi connectivity index (χ4v) is 1.72. The summed E-state index contributed by atoms with van der Waals surface area (Å²) in [6.45, 7) is 14.5. The summed E-state index contributed by atoms with van der Waals surface area (Å²) in [6.07, 6.45) is 5.10. The number of unbranched alkanes of at least 4 members (excludes halogenated alkanes) is 1. The van der Waals surface area contributed by atoms with Crippen LogP contribution in [-0.4, -0.2) is 50.8 Å². The molecule has 5 heteroatoms. The van der Waals surface area contributed by atoms with Gasteiger partial charge >= 0.3 is 0 Å². The molecule has 0 aliphatic carbocycles. The van der Waals surface area contributed by atoms with Crippen molar-refractivity contribution in [3.63, 3.8) is 0 Å². The number of halogens is 1. The van der Waals surface area contributed by atoms with Gasteiger partial charge in [-0.1, -0.05) is 19.9 Å². The van der Waals surface area contributed by atoms with Gasteiger partial charge in [-0.3, -0.25) is 4.99 Å². The van der Waals surface area contributed by atoms with Crippen LogP contribution in [0.1, 0.15) is 40.0 Å². The molecule has 0 amide bonds. The van der Waals surface area contributed by atoms with Crippen LogP contribution in [0.3, 0.4) is 0 Å². The zero-order valence-electron chi connectivity index (χ0n) is 14.2. The van der Waals surface area contributed by atoms with Gasteiger partial charge in [-0.2, -0.15) is 0 Å². The van der Waals surface area contributed by atoms with Crippen LogP contribution in [0.25, 0.3) is 0 Å². The van der Waals surface area contributed by atoms with Crippen molar-refractivity contribution in [2.75, 3.05) is 39.9 Å². The molecule has 126 valence electrons. The van der Waals surface area contributed by atoms with E-state index in [0.29, 0.717) is 5.92 Å². The highest BCUT2D eigenvalue weighted by Gasteiger charge is 2.04. The summed E-state index contributed by atoms with van der Waals surface area (Å²) in [7, 11) is 2.08. The van der Waals surface area contributed by atoms with Crippen LogP contribution in [0.5, 0.6) is 0 Å². The van der Waals surface area contributed by atoms with Crippen LogP contribution in [0.15, 0.2) is 17.6 Å². The van der Waals surface area contributed by atoms with E-state index >= 15 is 0 Å². The monoisotopic (exact) mass is 411 g/mol. The van der Waals surface area contributed by atoms with E-state index in [2.05, 4.69) is 49.6 Å². The molecule has 0 radical (unpaired) electrons. The maximum absolute atomic E-state index is 5.56. The van der Waals surface area contributed by atoms with Crippen molar-refractivity contribution in [2.24, 2.45) is 10.9 Å². The maximum Gasteiger partial charge on any atom is 0.193 e. The first-order valence-electron chi connectivity index (χ1n) is 7.79. The Labute approximate surface area is 148 Å². The lowest BCUT2D eigenvalue weighted by molar-refractivity contribution is 0.109. The van der Waals surface area contributed by atoms with Gasteiger partial charge in [-0.05, 0) is 32.1 Å². The van der Waals surface area contributed by atoms with Crippen molar-refractivity contribution in [3.8, 4) is 0 Å². The van der Waals surface area contributed by atoms with Crippen LogP contribution in [0.2, 0.25) is 0 Å². The summed E-state index contributed by atoms with van der Waals surface area (Å²) in [5.74, 6) is 1.59. The van der Waals surface area contributed by atoms with Crippen LogP contribution in [0.4, 0.5) is 0 Å². The number of nitrogens with zero attached hydrogens (tertiary/aromatic N) is 2. The Hall–Kier alpha value is -0.300. The maximum atomic E-state index is 5.56. The Kier molecular flexibility index (Phi) is 17.6. The normalized spacial score (nSPS) is 11.2. The standard InChI is InChI=1S/C16H33N3O.HI/c1-6-8-9-12-19(5)16(17-7-2)18-11-10-13-20-14-15(3)4;/h6,15H,1,7-14H2,2-5H3,(H,17,18);1H. The third kappa shape index (κ3) is 14.4. The first kappa shape index (κ1) is 23.0. The molecule has 0 aliphatic heterocycles. The van der Waals surface area contributed by atoms with Gasteiger partial charge < -0.3 is 15.0 Å². The van der Waals surface area contributed by atoms with Crippen molar-refractivity contribution in [1.82, 2.24) is 10.2 Å². The van der Waals surface area contributed by atoms with Gasteiger partial charge in [0, 0.05) is 39.9 Å². The second kappa shape index (κ2) is 16.1. The lowest BCUT2D eigenvalue weighted by Gasteiger charge is -2.21. The molecule has 0 saturated carbocycles. The van der Waals surface area contributed by atoms with Gasteiger partial charge in [0.1, 0.15) is 0 Å². The third-order valence-corrected chi connectivity index (χ3v) is 2.76. The molecule has 0 heterocycles. The number of ether oxygens (including phenoxy) is 1. The molecule has 0 saturated heterocycles. The van der Waals surface area contributed by atoms with E-state index in [-0.39, 0.29) is 24.0 Å². The average molecular weight is 411 g/mol. The van der Waals surface area contributed by atoms with Crippen LogP contribution >= 0.6 is 24.0 Å². The van der Waals surface area contributed by atoms with E-state index < -0.39 is 0 Å². The average Bonchev–Trinajstić information content (AvgIpc) is 2.41. The topological polar surface area (TPSA) is 36.9 Å². The summed E-state index contributed by atoms with van der Waals surface area (Å²) in [4.78, 5) is 6.82. The highest BCUT2D eigenvalue weighted by atomic mass is 127. The molecule has 1 N–H and O–H groups in total. The SMILES string of the molecule is C=CCCCN(C)C(=NCCCOCC(C)C)NCC.I. The van der Waals surface area contributed by atoms with Crippen LogP contribution in [0, 0.1) is 5.92 Å². The molecule has 0 rings (SSSR count). The molecule has 0 spiro atoms. The van der Waals surface area contributed by atoms with Gasteiger partial charge in [0.2, 0.25) is 0 Å².